The van der Waals surface area contributed by atoms with Gasteiger partial charge in [0.05, 0.1) is 0 Å². The van der Waals surface area contributed by atoms with Gasteiger partial charge in [-0.05, 0) is 36.8 Å². The van der Waals surface area contributed by atoms with Crippen LogP contribution in [0.1, 0.15) is 21.5 Å². The molecule has 3 aromatic rings. The van der Waals surface area contributed by atoms with Gasteiger partial charge in [-0.1, -0.05) is 39.7 Å². The first-order valence-corrected chi connectivity index (χ1v) is 7.31. The van der Waals surface area contributed by atoms with Crippen LogP contribution in [0.15, 0.2) is 47.1 Å². The number of halogens is 2. The highest BCUT2D eigenvalue weighted by molar-refractivity contribution is 9.10. The monoisotopic (exact) mass is 347 g/mol. The fourth-order valence-electron chi connectivity index (χ4n) is 2.17. The van der Waals surface area contributed by atoms with Crippen LogP contribution in [0.4, 0.5) is 0 Å². The molecule has 0 spiro atoms. The smallest absolute Gasteiger partial charge is 0.195 e. The second-order valence-corrected chi connectivity index (χ2v) is 6.01. The van der Waals surface area contributed by atoms with E-state index in [1.54, 1.807) is 18.3 Å². The quantitative estimate of drug-likeness (QED) is 0.640. The maximum Gasteiger partial charge on any atom is 0.195 e. The summed E-state index contributed by atoms with van der Waals surface area (Å²) in [5, 5.41) is 1.51. The highest BCUT2D eigenvalue weighted by Gasteiger charge is 2.15. The zero-order valence-corrected chi connectivity index (χ0v) is 13.0. The maximum atomic E-state index is 12.6. The summed E-state index contributed by atoms with van der Waals surface area (Å²) < 4.78 is 0.945. The van der Waals surface area contributed by atoms with E-state index in [0.29, 0.717) is 16.1 Å². The van der Waals surface area contributed by atoms with E-state index in [0.717, 1.165) is 20.9 Å². The Morgan fingerprint density at radius 3 is 2.75 bits per heavy atom. The normalized spacial score (nSPS) is 10.9. The molecular formula is C16H11BrClNO. The number of benzene rings is 2. The molecule has 0 radical (unpaired) electrons. The molecule has 0 atom stereocenters. The number of aryl methyl sites for hydroxylation is 1. The number of fused-ring (bicyclic) bond motifs is 1. The van der Waals surface area contributed by atoms with Crippen LogP contribution in [0.2, 0.25) is 5.02 Å². The van der Waals surface area contributed by atoms with E-state index in [1.165, 1.54) is 0 Å². The van der Waals surface area contributed by atoms with Crippen molar-refractivity contribution in [2.24, 2.45) is 0 Å². The van der Waals surface area contributed by atoms with Crippen LogP contribution >= 0.6 is 27.5 Å². The molecule has 3 rings (SSSR count). The Labute approximate surface area is 129 Å². The van der Waals surface area contributed by atoms with E-state index in [4.69, 9.17) is 11.6 Å². The molecule has 0 fully saturated rings. The van der Waals surface area contributed by atoms with E-state index in [-0.39, 0.29) is 5.78 Å². The number of carbonyl (C=O) groups is 1. The molecular weight excluding hydrogens is 338 g/mol. The third-order valence-corrected chi connectivity index (χ3v) is 4.22. The summed E-state index contributed by atoms with van der Waals surface area (Å²) in [4.78, 5) is 15.7. The molecule has 20 heavy (non-hydrogen) atoms. The summed E-state index contributed by atoms with van der Waals surface area (Å²) in [6.45, 7) is 1.92. The lowest BCUT2D eigenvalue weighted by molar-refractivity contribution is 0.104. The van der Waals surface area contributed by atoms with Crippen molar-refractivity contribution in [1.82, 2.24) is 4.98 Å². The largest absolute Gasteiger partial charge is 0.360 e. The van der Waals surface area contributed by atoms with Crippen molar-refractivity contribution < 1.29 is 4.79 Å². The van der Waals surface area contributed by atoms with Crippen LogP contribution in [0.5, 0.6) is 0 Å². The van der Waals surface area contributed by atoms with E-state index in [2.05, 4.69) is 20.9 Å². The van der Waals surface area contributed by atoms with Crippen LogP contribution in [-0.4, -0.2) is 10.8 Å². The molecule has 0 aliphatic heterocycles. The van der Waals surface area contributed by atoms with Crippen molar-refractivity contribution in [2.75, 3.05) is 0 Å². The molecule has 4 heteroatoms. The fourth-order valence-corrected chi connectivity index (χ4v) is 2.71. The molecule has 0 saturated carbocycles. The van der Waals surface area contributed by atoms with Crippen LogP contribution in [0, 0.1) is 6.92 Å². The molecule has 1 heterocycles. The van der Waals surface area contributed by atoms with Gasteiger partial charge in [0.1, 0.15) is 0 Å². The zero-order chi connectivity index (χ0) is 14.3. The molecule has 2 nitrogen and oxygen atoms in total. The highest BCUT2D eigenvalue weighted by Crippen LogP contribution is 2.26. The minimum Gasteiger partial charge on any atom is -0.360 e. The van der Waals surface area contributed by atoms with Crippen molar-refractivity contribution in [2.45, 2.75) is 6.92 Å². The Morgan fingerprint density at radius 1 is 1.20 bits per heavy atom. The molecule has 0 amide bonds. The Bertz CT molecular complexity index is 822. The van der Waals surface area contributed by atoms with Gasteiger partial charge in [0, 0.05) is 37.7 Å². The summed E-state index contributed by atoms with van der Waals surface area (Å²) in [6.07, 6.45) is 1.74. The molecule has 0 unspecified atom stereocenters. The number of carbonyl (C=O) groups excluding carboxylic acids is 1. The number of hydrogen-bond donors (Lipinski definition) is 1. The molecule has 0 saturated heterocycles. The number of aromatic amines is 1. The van der Waals surface area contributed by atoms with Crippen LogP contribution in [0.25, 0.3) is 10.9 Å². The lowest BCUT2D eigenvalue weighted by Gasteiger charge is -2.03. The molecule has 0 aliphatic rings. The standard InChI is InChI=1S/C16H11BrClNO/c1-9-2-3-10(6-14(9)18)16(20)13-8-19-15-5-4-11(17)7-12(13)15/h2-8,19H,1H3. The third-order valence-electron chi connectivity index (χ3n) is 3.32. The number of hydrogen-bond acceptors (Lipinski definition) is 1. The van der Waals surface area contributed by atoms with Crippen LogP contribution < -0.4 is 0 Å². The zero-order valence-electron chi connectivity index (χ0n) is 10.7. The molecule has 0 bridgehead atoms. The molecule has 2 aromatic carbocycles. The minimum atomic E-state index is -0.0312. The van der Waals surface area contributed by atoms with Gasteiger partial charge in [-0.15, -0.1) is 0 Å². The van der Waals surface area contributed by atoms with Crippen LogP contribution in [-0.2, 0) is 0 Å². The second-order valence-electron chi connectivity index (χ2n) is 4.69. The predicted octanol–water partition coefficient (Wildman–Crippen LogP) is 5.12. The molecule has 100 valence electrons. The van der Waals surface area contributed by atoms with Gasteiger partial charge in [-0.3, -0.25) is 4.79 Å². The molecule has 0 aliphatic carbocycles. The van der Waals surface area contributed by atoms with E-state index >= 15 is 0 Å². The Kier molecular flexibility index (Phi) is 3.40. The molecule has 1 N–H and O–H groups in total. The SMILES string of the molecule is Cc1ccc(C(=O)c2c[nH]c3ccc(Br)cc23)cc1Cl. The van der Waals surface area contributed by atoms with Gasteiger partial charge in [0.25, 0.3) is 0 Å². The van der Waals surface area contributed by atoms with Crippen molar-refractivity contribution in [3.63, 3.8) is 0 Å². The first kappa shape index (κ1) is 13.4. The van der Waals surface area contributed by atoms with Crippen molar-refractivity contribution in [1.29, 1.82) is 0 Å². The Morgan fingerprint density at radius 2 is 2.00 bits per heavy atom. The van der Waals surface area contributed by atoms with Crippen LogP contribution in [0.3, 0.4) is 0 Å². The van der Waals surface area contributed by atoms with Gasteiger partial charge < -0.3 is 4.98 Å². The third kappa shape index (κ3) is 2.28. The van der Waals surface area contributed by atoms with Crippen molar-refractivity contribution in [3.05, 3.63) is 68.8 Å². The summed E-state index contributed by atoms with van der Waals surface area (Å²) in [7, 11) is 0. The van der Waals surface area contributed by atoms with E-state index in [9.17, 15) is 4.79 Å². The molecule has 1 aromatic heterocycles. The average Bonchev–Trinajstić information content (AvgIpc) is 2.84. The fraction of sp³-hybridized carbons (Fsp3) is 0.0625. The lowest BCUT2D eigenvalue weighted by atomic mass is 10.0. The Balaban J connectivity index is 2.12. The summed E-state index contributed by atoms with van der Waals surface area (Å²) in [5.41, 5.74) is 3.15. The number of rotatable bonds is 2. The Hall–Kier alpha value is -1.58. The first-order valence-electron chi connectivity index (χ1n) is 6.14. The predicted molar refractivity (Wildman–Crippen MR) is 85.6 cm³/mol. The summed E-state index contributed by atoms with van der Waals surface area (Å²) in [6, 6.07) is 11.2. The summed E-state index contributed by atoms with van der Waals surface area (Å²) >= 11 is 9.53. The van der Waals surface area contributed by atoms with Crippen molar-refractivity contribution in [3.8, 4) is 0 Å². The van der Waals surface area contributed by atoms with Crippen molar-refractivity contribution >= 4 is 44.2 Å². The number of ketones is 1. The lowest BCUT2D eigenvalue weighted by Crippen LogP contribution is -2.00. The number of nitrogens with one attached hydrogen (secondary N) is 1. The number of H-pyrrole nitrogens is 1. The maximum absolute atomic E-state index is 12.6. The average molecular weight is 349 g/mol. The highest BCUT2D eigenvalue weighted by atomic mass is 79.9. The summed E-state index contributed by atoms with van der Waals surface area (Å²) in [5.74, 6) is -0.0312. The van der Waals surface area contributed by atoms with Gasteiger partial charge in [-0.2, -0.15) is 0 Å². The van der Waals surface area contributed by atoms with Gasteiger partial charge in [0.2, 0.25) is 0 Å². The number of aromatic nitrogens is 1. The van der Waals surface area contributed by atoms with Gasteiger partial charge in [-0.25, -0.2) is 0 Å². The second kappa shape index (κ2) is 5.08. The first-order chi connectivity index (χ1) is 9.56. The minimum absolute atomic E-state index is 0.0312. The van der Waals surface area contributed by atoms with E-state index < -0.39 is 0 Å². The van der Waals surface area contributed by atoms with Gasteiger partial charge >= 0.3 is 0 Å². The topological polar surface area (TPSA) is 32.9 Å². The van der Waals surface area contributed by atoms with E-state index in [1.807, 2.05) is 31.2 Å². The van der Waals surface area contributed by atoms with Gasteiger partial charge in [0.15, 0.2) is 5.78 Å².